The number of benzene rings is 2. The van der Waals surface area contributed by atoms with Crippen molar-refractivity contribution in [2.24, 2.45) is 0 Å². The molecular weight excluding hydrogens is 612 g/mol. The fourth-order valence-electron chi connectivity index (χ4n) is 6.31. The van der Waals surface area contributed by atoms with E-state index >= 15 is 0 Å². The van der Waals surface area contributed by atoms with E-state index in [1.165, 1.54) is 23.1 Å². The molecule has 0 spiro atoms. The third kappa shape index (κ3) is 5.34. The second-order valence-corrected chi connectivity index (χ2v) is 18.6. The lowest BCUT2D eigenvalue weighted by molar-refractivity contribution is -0.138. The predicted octanol–water partition coefficient (Wildman–Crippen LogP) is 6.93. The molecule has 1 amide bonds. The Kier molecular flexibility index (Phi) is 7.55. The van der Waals surface area contributed by atoms with E-state index in [1.807, 2.05) is 36.6 Å². The summed E-state index contributed by atoms with van der Waals surface area (Å²) in [6.45, 7) is 11.2. The van der Waals surface area contributed by atoms with Gasteiger partial charge in [-0.1, -0.05) is 32.9 Å². The summed E-state index contributed by atoms with van der Waals surface area (Å²) < 4.78 is 40.5. The molecule has 2 aromatic heterocycles. The summed E-state index contributed by atoms with van der Waals surface area (Å²) in [6.07, 6.45) is 3.77. The molecule has 0 saturated heterocycles. The highest BCUT2D eigenvalue weighted by Crippen LogP contribution is 2.50. The number of hydrogen-bond acceptors (Lipinski definition) is 7. The normalized spacial score (nSPS) is 18.1. The molecule has 1 N–H and O–H groups in total. The topological polar surface area (TPSA) is 120 Å². The van der Waals surface area contributed by atoms with Gasteiger partial charge in [-0.05, 0) is 61.8 Å². The van der Waals surface area contributed by atoms with Gasteiger partial charge in [-0.15, -0.1) is 0 Å². The minimum atomic E-state index is -3.11. The van der Waals surface area contributed by atoms with Crippen LogP contribution in [0.15, 0.2) is 48.8 Å². The molecule has 0 unspecified atom stereocenters. The van der Waals surface area contributed by atoms with E-state index in [0.29, 0.717) is 22.7 Å². The zero-order chi connectivity index (χ0) is 33.3. The first-order valence-corrected chi connectivity index (χ1v) is 18.0. The lowest BCUT2D eigenvalue weighted by Crippen LogP contribution is -2.46. The number of alkyl halides is 2. The van der Waals surface area contributed by atoms with Crippen molar-refractivity contribution in [3.63, 3.8) is 0 Å². The van der Waals surface area contributed by atoms with E-state index in [9.17, 15) is 23.5 Å². The zero-order valence-corrected chi connectivity index (χ0v) is 27.8. The van der Waals surface area contributed by atoms with Crippen molar-refractivity contribution in [3.05, 3.63) is 71.6 Å². The van der Waals surface area contributed by atoms with Crippen molar-refractivity contribution < 1.29 is 32.6 Å². The third-order valence-corrected chi connectivity index (χ3v) is 14.0. The highest BCUT2D eigenvalue weighted by Gasteiger charge is 2.47. The van der Waals surface area contributed by atoms with Gasteiger partial charge in [0.1, 0.15) is 23.7 Å². The molecule has 46 heavy (non-hydrogen) atoms. The van der Waals surface area contributed by atoms with E-state index in [0.717, 1.165) is 11.1 Å². The lowest BCUT2D eigenvalue weighted by Gasteiger charge is -2.42. The quantitative estimate of drug-likeness (QED) is 0.204. The molecule has 4 heterocycles. The standard InChI is InChI=1S/C33H37F2N5O5Si/c1-32(2,3)46(6,7)45-33(4,5)30-36-15-19(16-37-30)18-11-12-21-22(13-18)40-23-14-24(28(40)38-21)39(17-26(41)42)29(43)20-9-8-10-25(27(20)23)44-31(34)35/h8-13,15-16,23-24,31H,14,17H2,1-7H3,(H,41,42)/t23-,24-/m1/s1. The Morgan fingerprint density at radius 3 is 2.39 bits per heavy atom. The van der Waals surface area contributed by atoms with Crippen LogP contribution in [-0.4, -0.2) is 62.9 Å². The van der Waals surface area contributed by atoms with Crippen LogP contribution in [0, 0.1) is 0 Å². The van der Waals surface area contributed by atoms with Gasteiger partial charge in [0.25, 0.3) is 5.91 Å². The van der Waals surface area contributed by atoms with Crippen molar-refractivity contribution in [1.29, 1.82) is 0 Å². The number of hydrogen-bond donors (Lipinski definition) is 1. The van der Waals surface area contributed by atoms with E-state index < -0.39 is 51.0 Å². The highest BCUT2D eigenvalue weighted by atomic mass is 28.4. The molecule has 10 nitrogen and oxygen atoms in total. The average molecular weight is 650 g/mol. The van der Waals surface area contributed by atoms with Gasteiger partial charge in [-0.3, -0.25) is 9.59 Å². The molecule has 0 saturated carbocycles. The second kappa shape index (κ2) is 10.9. The molecule has 0 radical (unpaired) electrons. The minimum Gasteiger partial charge on any atom is -0.480 e. The fraction of sp³-hybridized carbons (Fsp3) is 0.424. The van der Waals surface area contributed by atoms with E-state index in [1.54, 1.807) is 12.4 Å². The number of rotatable bonds is 8. The SMILES string of the molecule is CC(C)(O[Si](C)(C)C(C)(C)C)c1ncc(-c2ccc3nc4n(c3c2)[C@@H]2C[C@H]4N(CC(=O)O)C(=O)c3cccc(OC(F)F)c32)cn1. The van der Waals surface area contributed by atoms with Crippen LogP contribution in [0.3, 0.4) is 0 Å². The van der Waals surface area contributed by atoms with Crippen LogP contribution in [0.2, 0.25) is 18.1 Å². The highest BCUT2D eigenvalue weighted by molar-refractivity contribution is 6.74. The first kappa shape index (κ1) is 31.7. The molecule has 0 fully saturated rings. The van der Waals surface area contributed by atoms with Gasteiger partial charge >= 0.3 is 12.6 Å². The number of carboxylic acids is 1. The van der Waals surface area contributed by atoms with Crippen LogP contribution in [-0.2, 0) is 14.8 Å². The molecule has 13 heteroatoms. The summed E-state index contributed by atoms with van der Waals surface area (Å²) in [5.41, 5.74) is 2.60. The Hall–Kier alpha value is -4.23. The number of carboxylic acid groups (broad SMARTS) is 1. The molecule has 4 aromatic rings. The molecular formula is C33H37F2N5O5Si. The molecule has 2 atom stereocenters. The van der Waals surface area contributed by atoms with Crippen LogP contribution in [0.4, 0.5) is 8.78 Å². The third-order valence-electron chi connectivity index (χ3n) is 9.40. The Morgan fingerprint density at radius 2 is 1.76 bits per heavy atom. The zero-order valence-electron chi connectivity index (χ0n) is 26.8. The summed E-state index contributed by atoms with van der Waals surface area (Å²) in [5.74, 6) is -0.823. The number of fused-ring (bicyclic) bond motifs is 9. The van der Waals surface area contributed by atoms with Crippen LogP contribution >= 0.6 is 0 Å². The predicted molar refractivity (Wildman–Crippen MR) is 169 cm³/mol. The molecule has 6 rings (SSSR count). The van der Waals surface area contributed by atoms with Gasteiger partial charge in [0.15, 0.2) is 14.1 Å². The Bertz CT molecular complexity index is 1850. The summed E-state index contributed by atoms with van der Waals surface area (Å²) in [4.78, 5) is 40.9. The number of carbonyl (C=O) groups is 2. The smallest absolute Gasteiger partial charge is 0.387 e. The fourth-order valence-corrected chi connectivity index (χ4v) is 7.98. The van der Waals surface area contributed by atoms with Gasteiger partial charge in [0.05, 0.1) is 23.1 Å². The number of carbonyl (C=O) groups excluding carboxylic acids is 1. The number of ether oxygens (including phenoxy) is 1. The Morgan fingerprint density at radius 1 is 1.07 bits per heavy atom. The number of aromatic nitrogens is 4. The summed E-state index contributed by atoms with van der Waals surface area (Å²) in [6, 6.07) is 8.76. The molecule has 2 bridgehead atoms. The number of amides is 1. The van der Waals surface area contributed by atoms with Crippen LogP contribution in [0.25, 0.3) is 22.2 Å². The Balaban J connectivity index is 1.43. The van der Waals surface area contributed by atoms with E-state index in [2.05, 4.69) is 43.8 Å². The van der Waals surface area contributed by atoms with Gasteiger partial charge in [-0.2, -0.15) is 8.78 Å². The van der Waals surface area contributed by atoms with Crippen LogP contribution in [0.5, 0.6) is 5.75 Å². The molecule has 0 aliphatic carbocycles. The summed E-state index contributed by atoms with van der Waals surface area (Å²) in [5, 5.41) is 9.69. The maximum Gasteiger partial charge on any atom is 0.387 e. The van der Waals surface area contributed by atoms with Crippen molar-refractivity contribution in [3.8, 4) is 16.9 Å². The molecule has 242 valence electrons. The Labute approximate surface area is 266 Å². The molecule has 2 aromatic carbocycles. The van der Waals surface area contributed by atoms with Crippen molar-refractivity contribution in [2.45, 2.75) is 83.5 Å². The van der Waals surface area contributed by atoms with E-state index in [4.69, 9.17) is 14.1 Å². The minimum absolute atomic E-state index is 0.0211. The number of nitrogens with zero attached hydrogens (tertiary/aromatic N) is 5. The van der Waals surface area contributed by atoms with Crippen LogP contribution in [0.1, 0.15) is 80.7 Å². The summed E-state index contributed by atoms with van der Waals surface area (Å²) in [7, 11) is -2.10. The summed E-state index contributed by atoms with van der Waals surface area (Å²) >= 11 is 0. The lowest BCUT2D eigenvalue weighted by atomic mass is 9.97. The number of aliphatic carboxylic acids is 1. The number of halogens is 2. The van der Waals surface area contributed by atoms with Gasteiger partial charge < -0.3 is 23.7 Å². The van der Waals surface area contributed by atoms with E-state index in [-0.39, 0.29) is 28.3 Å². The largest absolute Gasteiger partial charge is 0.480 e. The molecule has 2 aliphatic rings. The van der Waals surface area contributed by atoms with Gasteiger partial charge in [0.2, 0.25) is 0 Å². The van der Waals surface area contributed by atoms with Gasteiger partial charge in [-0.25, -0.2) is 15.0 Å². The average Bonchev–Trinajstić information content (AvgIpc) is 3.47. The second-order valence-electron chi connectivity index (χ2n) is 13.9. The van der Waals surface area contributed by atoms with Crippen molar-refractivity contribution in [1.82, 2.24) is 24.4 Å². The van der Waals surface area contributed by atoms with Crippen molar-refractivity contribution >= 4 is 31.2 Å². The van der Waals surface area contributed by atoms with Crippen molar-refractivity contribution in [2.75, 3.05) is 6.54 Å². The maximum absolute atomic E-state index is 13.6. The first-order chi connectivity index (χ1) is 21.5. The molecule has 2 aliphatic heterocycles. The van der Waals surface area contributed by atoms with Gasteiger partial charge in [0, 0.05) is 35.5 Å². The monoisotopic (exact) mass is 649 g/mol. The number of imidazole rings is 1. The van der Waals surface area contributed by atoms with Crippen LogP contribution < -0.4 is 4.74 Å². The first-order valence-electron chi connectivity index (χ1n) is 15.1. The maximum atomic E-state index is 13.6.